The standard InChI is InChI=1S/C10H18O/c1-6-7-8(2)10(4,5)9(3)11/h6,8H,1,7H2,2-5H3/t8-/m0/s1. The zero-order chi connectivity index (χ0) is 9.07. The van der Waals surface area contributed by atoms with Gasteiger partial charge in [-0.05, 0) is 19.3 Å². The Hall–Kier alpha value is -0.590. The van der Waals surface area contributed by atoms with E-state index in [0.717, 1.165) is 6.42 Å². The van der Waals surface area contributed by atoms with Gasteiger partial charge in [0.2, 0.25) is 0 Å². The summed E-state index contributed by atoms with van der Waals surface area (Å²) >= 11 is 0. The predicted octanol–water partition coefficient (Wildman–Crippen LogP) is 2.81. The average molecular weight is 154 g/mol. The number of carbonyl (C=O) groups is 1. The van der Waals surface area contributed by atoms with E-state index in [-0.39, 0.29) is 11.2 Å². The van der Waals surface area contributed by atoms with Crippen LogP contribution in [0.3, 0.4) is 0 Å². The first kappa shape index (κ1) is 10.4. The van der Waals surface area contributed by atoms with Gasteiger partial charge in [0.1, 0.15) is 5.78 Å². The van der Waals surface area contributed by atoms with E-state index in [9.17, 15) is 4.79 Å². The average Bonchev–Trinajstić information content (AvgIpc) is 1.88. The Kier molecular flexibility index (Phi) is 3.50. The highest BCUT2D eigenvalue weighted by Gasteiger charge is 2.29. The summed E-state index contributed by atoms with van der Waals surface area (Å²) in [6.45, 7) is 11.4. The molecule has 0 aromatic rings. The van der Waals surface area contributed by atoms with Gasteiger partial charge in [-0.1, -0.05) is 26.8 Å². The van der Waals surface area contributed by atoms with Crippen molar-refractivity contribution in [1.82, 2.24) is 0 Å². The zero-order valence-electron chi connectivity index (χ0n) is 7.98. The van der Waals surface area contributed by atoms with Gasteiger partial charge in [-0.2, -0.15) is 0 Å². The van der Waals surface area contributed by atoms with Gasteiger partial charge in [0.25, 0.3) is 0 Å². The van der Waals surface area contributed by atoms with Crippen LogP contribution in [0.4, 0.5) is 0 Å². The molecule has 0 fully saturated rings. The third-order valence-corrected chi connectivity index (χ3v) is 2.66. The van der Waals surface area contributed by atoms with E-state index in [0.29, 0.717) is 5.92 Å². The molecule has 0 aromatic carbocycles. The van der Waals surface area contributed by atoms with Crippen molar-refractivity contribution in [2.24, 2.45) is 11.3 Å². The lowest BCUT2D eigenvalue weighted by atomic mass is 9.75. The molecular weight excluding hydrogens is 136 g/mol. The van der Waals surface area contributed by atoms with Crippen LogP contribution in [0.5, 0.6) is 0 Å². The second-order valence-corrected chi connectivity index (χ2v) is 3.70. The number of rotatable bonds is 4. The first-order valence-corrected chi connectivity index (χ1v) is 4.04. The molecule has 0 unspecified atom stereocenters. The third kappa shape index (κ3) is 2.49. The fourth-order valence-corrected chi connectivity index (χ4v) is 0.892. The molecule has 1 atom stereocenters. The topological polar surface area (TPSA) is 17.1 Å². The van der Waals surface area contributed by atoms with Gasteiger partial charge in [-0.25, -0.2) is 0 Å². The quantitative estimate of drug-likeness (QED) is 0.569. The van der Waals surface area contributed by atoms with E-state index in [2.05, 4.69) is 13.5 Å². The zero-order valence-corrected chi connectivity index (χ0v) is 7.98. The summed E-state index contributed by atoms with van der Waals surface area (Å²) in [5.74, 6) is 0.643. The molecule has 0 aromatic heterocycles. The Morgan fingerprint density at radius 2 is 2.09 bits per heavy atom. The smallest absolute Gasteiger partial charge is 0.135 e. The fraction of sp³-hybridized carbons (Fsp3) is 0.700. The van der Waals surface area contributed by atoms with E-state index in [1.807, 2.05) is 19.9 Å². The minimum absolute atomic E-state index is 0.200. The second kappa shape index (κ2) is 3.70. The first-order chi connectivity index (χ1) is 4.92. The molecule has 0 radical (unpaired) electrons. The van der Waals surface area contributed by atoms with Crippen molar-refractivity contribution >= 4 is 5.78 Å². The Balaban J connectivity index is 4.28. The lowest BCUT2D eigenvalue weighted by molar-refractivity contribution is -0.127. The molecule has 0 saturated carbocycles. The van der Waals surface area contributed by atoms with Crippen molar-refractivity contribution in [1.29, 1.82) is 0 Å². The molecule has 0 aliphatic heterocycles. The molecule has 64 valence electrons. The van der Waals surface area contributed by atoms with Crippen LogP contribution in [0, 0.1) is 11.3 Å². The van der Waals surface area contributed by atoms with E-state index < -0.39 is 0 Å². The molecule has 0 aliphatic rings. The minimum Gasteiger partial charge on any atom is -0.299 e. The summed E-state index contributed by atoms with van der Waals surface area (Å²) in [5.41, 5.74) is -0.200. The maximum Gasteiger partial charge on any atom is 0.135 e. The van der Waals surface area contributed by atoms with E-state index in [1.165, 1.54) is 0 Å². The number of ketones is 1. The second-order valence-electron chi connectivity index (χ2n) is 3.70. The normalized spacial score (nSPS) is 14.2. The van der Waals surface area contributed by atoms with Crippen molar-refractivity contribution in [3.8, 4) is 0 Å². The molecular formula is C10H18O. The van der Waals surface area contributed by atoms with E-state index in [1.54, 1.807) is 6.92 Å². The lowest BCUT2D eigenvalue weighted by Crippen LogP contribution is -2.29. The molecule has 0 rings (SSSR count). The van der Waals surface area contributed by atoms with Crippen LogP contribution in [0.1, 0.15) is 34.1 Å². The van der Waals surface area contributed by atoms with Crippen LogP contribution in [-0.2, 0) is 4.79 Å². The SMILES string of the molecule is C=CC[C@H](C)C(C)(C)C(C)=O. The van der Waals surface area contributed by atoms with E-state index in [4.69, 9.17) is 0 Å². The van der Waals surface area contributed by atoms with Crippen molar-refractivity contribution in [3.05, 3.63) is 12.7 Å². The summed E-state index contributed by atoms with van der Waals surface area (Å²) in [4.78, 5) is 11.1. The number of carbonyl (C=O) groups excluding carboxylic acids is 1. The van der Waals surface area contributed by atoms with Gasteiger partial charge in [-0.15, -0.1) is 6.58 Å². The molecule has 0 bridgehead atoms. The van der Waals surface area contributed by atoms with Crippen LogP contribution in [0.2, 0.25) is 0 Å². The Labute approximate surface area is 69.5 Å². The van der Waals surface area contributed by atoms with Crippen LogP contribution in [0.15, 0.2) is 12.7 Å². The molecule has 1 nitrogen and oxygen atoms in total. The number of hydrogen-bond donors (Lipinski definition) is 0. The van der Waals surface area contributed by atoms with Gasteiger partial charge < -0.3 is 0 Å². The summed E-state index contributed by atoms with van der Waals surface area (Å²) in [6.07, 6.45) is 2.78. The maximum absolute atomic E-state index is 11.1. The predicted molar refractivity (Wildman–Crippen MR) is 48.4 cm³/mol. The summed E-state index contributed by atoms with van der Waals surface area (Å²) in [5, 5.41) is 0. The van der Waals surface area contributed by atoms with Crippen LogP contribution in [-0.4, -0.2) is 5.78 Å². The molecule has 1 heteroatoms. The molecule has 0 aliphatic carbocycles. The highest BCUT2D eigenvalue weighted by molar-refractivity contribution is 5.81. The fourth-order valence-electron chi connectivity index (χ4n) is 0.892. The van der Waals surface area contributed by atoms with Crippen LogP contribution < -0.4 is 0 Å². The highest BCUT2D eigenvalue weighted by atomic mass is 16.1. The minimum atomic E-state index is -0.200. The first-order valence-electron chi connectivity index (χ1n) is 4.04. The number of Topliss-reactive ketones (excluding diaryl/α,β-unsaturated/α-hetero) is 1. The third-order valence-electron chi connectivity index (χ3n) is 2.66. The van der Waals surface area contributed by atoms with Gasteiger partial charge in [0.05, 0.1) is 0 Å². The molecule has 0 saturated heterocycles. The van der Waals surface area contributed by atoms with Gasteiger partial charge in [0, 0.05) is 5.41 Å². The molecule has 11 heavy (non-hydrogen) atoms. The molecule has 0 amide bonds. The van der Waals surface area contributed by atoms with Gasteiger partial charge >= 0.3 is 0 Å². The number of allylic oxidation sites excluding steroid dienone is 1. The van der Waals surface area contributed by atoms with Crippen molar-refractivity contribution in [2.75, 3.05) is 0 Å². The summed E-state index contributed by atoms with van der Waals surface area (Å²) in [6, 6.07) is 0. The Bertz CT molecular complexity index is 156. The number of hydrogen-bond acceptors (Lipinski definition) is 1. The Morgan fingerprint density at radius 3 is 2.36 bits per heavy atom. The molecule has 0 heterocycles. The molecule has 0 spiro atoms. The van der Waals surface area contributed by atoms with Crippen LogP contribution in [0.25, 0.3) is 0 Å². The Morgan fingerprint density at radius 1 is 1.64 bits per heavy atom. The summed E-state index contributed by atoms with van der Waals surface area (Å²) in [7, 11) is 0. The van der Waals surface area contributed by atoms with Gasteiger partial charge in [0.15, 0.2) is 0 Å². The van der Waals surface area contributed by atoms with Crippen LogP contribution >= 0.6 is 0 Å². The van der Waals surface area contributed by atoms with Crippen molar-refractivity contribution < 1.29 is 4.79 Å². The highest BCUT2D eigenvalue weighted by Crippen LogP contribution is 2.29. The van der Waals surface area contributed by atoms with E-state index >= 15 is 0 Å². The lowest BCUT2D eigenvalue weighted by Gasteiger charge is -2.27. The summed E-state index contributed by atoms with van der Waals surface area (Å²) < 4.78 is 0. The van der Waals surface area contributed by atoms with Gasteiger partial charge in [-0.3, -0.25) is 4.79 Å². The largest absolute Gasteiger partial charge is 0.299 e. The van der Waals surface area contributed by atoms with Crippen molar-refractivity contribution in [2.45, 2.75) is 34.1 Å². The monoisotopic (exact) mass is 154 g/mol. The maximum atomic E-state index is 11.1. The van der Waals surface area contributed by atoms with Crippen molar-refractivity contribution in [3.63, 3.8) is 0 Å². The molecule has 0 N–H and O–H groups in total.